The number of hydrazone groups is 1. The molecule has 0 amide bonds. The van der Waals surface area contributed by atoms with Gasteiger partial charge in [-0.3, -0.25) is 5.43 Å². The highest BCUT2D eigenvalue weighted by Gasteiger charge is 2.17. The summed E-state index contributed by atoms with van der Waals surface area (Å²) >= 11 is 0. The lowest BCUT2D eigenvalue weighted by atomic mass is 10.2. The summed E-state index contributed by atoms with van der Waals surface area (Å²) in [5.41, 5.74) is 3.93. The Morgan fingerprint density at radius 1 is 1.16 bits per heavy atom. The lowest BCUT2D eigenvalue weighted by Gasteiger charge is -2.22. The summed E-state index contributed by atoms with van der Waals surface area (Å²) in [6.07, 6.45) is 5.34. The van der Waals surface area contributed by atoms with Crippen LogP contribution in [0.3, 0.4) is 0 Å². The topological polar surface area (TPSA) is 112 Å². The third kappa shape index (κ3) is 6.39. The van der Waals surface area contributed by atoms with Crippen molar-refractivity contribution in [1.29, 1.82) is 0 Å². The molecular weight excluding hydrogens is 394 g/mol. The molecule has 0 unspecified atom stereocenters. The van der Waals surface area contributed by atoms with E-state index in [4.69, 9.17) is 4.74 Å². The molecule has 2 aromatic heterocycles. The summed E-state index contributed by atoms with van der Waals surface area (Å²) in [7, 11) is 0. The second-order valence-corrected chi connectivity index (χ2v) is 7.98. The second-order valence-electron chi connectivity index (χ2n) is 7.98. The molecule has 0 radical (unpaired) electrons. The first-order valence-electron chi connectivity index (χ1n) is 10.6. The van der Waals surface area contributed by atoms with Gasteiger partial charge in [0.05, 0.1) is 17.5 Å². The van der Waals surface area contributed by atoms with Gasteiger partial charge in [0.15, 0.2) is 5.82 Å². The number of aromatic nitrogens is 4. The molecule has 0 bridgehead atoms. The first-order chi connectivity index (χ1) is 14.9. The van der Waals surface area contributed by atoms with E-state index in [1.54, 1.807) is 20.1 Å². The van der Waals surface area contributed by atoms with E-state index in [9.17, 15) is 5.11 Å². The number of H-pyrrole nitrogens is 1. The van der Waals surface area contributed by atoms with Gasteiger partial charge in [-0.2, -0.15) is 20.1 Å². The monoisotopic (exact) mass is 425 g/mol. The highest BCUT2D eigenvalue weighted by molar-refractivity contribution is 5.92. The van der Waals surface area contributed by atoms with Crippen molar-refractivity contribution in [2.24, 2.45) is 5.10 Å². The summed E-state index contributed by atoms with van der Waals surface area (Å²) < 4.78 is 5.64. The predicted molar refractivity (Wildman–Crippen MR) is 124 cm³/mol. The van der Waals surface area contributed by atoms with Gasteiger partial charge in [-0.1, -0.05) is 32.0 Å². The van der Waals surface area contributed by atoms with Crippen LogP contribution >= 0.6 is 0 Å². The molecule has 9 heteroatoms. The Morgan fingerprint density at radius 2 is 1.90 bits per heavy atom. The Balaban J connectivity index is 1.84. The van der Waals surface area contributed by atoms with Gasteiger partial charge in [-0.25, -0.2) is 0 Å². The van der Waals surface area contributed by atoms with Gasteiger partial charge in [-0.15, -0.1) is 0 Å². The van der Waals surface area contributed by atoms with Crippen LogP contribution in [0.25, 0.3) is 10.9 Å². The van der Waals surface area contributed by atoms with Gasteiger partial charge in [0.1, 0.15) is 6.61 Å². The molecule has 0 atom stereocenters. The van der Waals surface area contributed by atoms with Crippen LogP contribution in [-0.4, -0.2) is 56.6 Å². The molecule has 0 saturated heterocycles. The molecule has 1 aromatic carbocycles. The Labute approximate surface area is 182 Å². The molecule has 3 aromatic rings. The number of para-hydroxylation sites is 1. The minimum Gasteiger partial charge on any atom is -0.460 e. The number of aromatic amines is 1. The zero-order chi connectivity index (χ0) is 22.3. The van der Waals surface area contributed by atoms with E-state index in [1.165, 1.54) is 0 Å². The van der Waals surface area contributed by atoms with Crippen molar-refractivity contribution in [3.8, 4) is 6.01 Å². The third-order valence-corrected chi connectivity index (χ3v) is 4.40. The van der Waals surface area contributed by atoms with Crippen LogP contribution in [0, 0.1) is 0 Å². The van der Waals surface area contributed by atoms with E-state index < -0.39 is 5.60 Å². The van der Waals surface area contributed by atoms with Crippen molar-refractivity contribution < 1.29 is 9.84 Å². The lowest BCUT2D eigenvalue weighted by Crippen LogP contribution is -2.30. The lowest BCUT2D eigenvalue weighted by molar-refractivity contribution is 0.0249. The fourth-order valence-corrected chi connectivity index (χ4v) is 3.04. The summed E-state index contributed by atoms with van der Waals surface area (Å²) in [5, 5.41) is 15.3. The van der Waals surface area contributed by atoms with Crippen molar-refractivity contribution >= 4 is 28.8 Å². The fraction of sp³-hybridized carbons (Fsp3) is 0.455. The number of hydrogen-bond acceptors (Lipinski definition) is 8. The molecule has 0 spiro atoms. The highest BCUT2D eigenvalue weighted by Crippen LogP contribution is 2.22. The maximum Gasteiger partial charge on any atom is 0.321 e. The van der Waals surface area contributed by atoms with Crippen LogP contribution in [0.4, 0.5) is 11.6 Å². The van der Waals surface area contributed by atoms with Crippen LogP contribution in [-0.2, 0) is 0 Å². The number of aliphatic hydroxyl groups is 1. The minimum atomic E-state index is -0.996. The highest BCUT2D eigenvalue weighted by atomic mass is 16.5. The number of nitrogens with zero attached hydrogens (tertiary/aromatic N) is 5. The molecule has 9 nitrogen and oxygen atoms in total. The minimum absolute atomic E-state index is 0.0716. The molecule has 3 rings (SSSR count). The van der Waals surface area contributed by atoms with Crippen molar-refractivity contribution in [1.82, 2.24) is 19.9 Å². The van der Waals surface area contributed by atoms with Gasteiger partial charge in [0.2, 0.25) is 5.95 Å². The zero-order valence-corrected chi connectivity index (χ0v) is 18.6. The van der Waals surface area contributed by atoms with Crippen molar-refractivity contribution in [2.75, 3.05) is 30.0 Å². The predicted octanol–water partition coefficient (Wildman–Crippen LogP) is 3.58. The average Bonchev–Trinajstić information content (AvgIpc) is 3.15. The van der Waals surface area contributed by atoms with Gasteiger partial charge in [0.25, 0.3) is 0 Å². The van der Waals surface area contributed by atoms with E-state index in [1.807, 2.05) is 30.5 Å². The maximum atomic E-state index is 9.98. The SMILES string of the molecule is CCCN(CCC)c1nc(/C=N/Nc2c[nH]c3ccccc23)nc(OCC(C)(C)O)n1. The molecule has 0 aliphatic carbocycles. The average molecular weight is 426 g/mol. The largest absolute Gasteiger partial charge is 0.460 e. The number of fused-ring (bicyclic) bond motifs is 1. The van der Waals surface area contributed by atoms with Crippen molar-refractivity contribution in [3.05, 3.63) is 36.3 Å². The van der Waals surface area contributed by atoms with E-state index in [0.717, 1.165) is 42.5 Å². The molecule has 0 saturated carbocycles. The number of ether oxygens (including phenoxy) is 1. The van der Waals surface area contributed by atoms with Crippen LogP contribution in [0.1, 0.15) is 46.4 Å². The normalized spacial score (nSPS) is 11.9. The van der Waals surface area contributed by atoms with Crippen LogP contribution in [0.2, 0.25) is 0 Å². The summed E-state index contributed by atoms with van der Waals surface area (Å²) in [6, 6.07) is 8.14. The first-order valence-corrected chi connectivity index (χ1v) is 10.6. The second kappa shape index (κ2) is 10.2. The molecule has 3 N–H and O–H groups in total. The molecule has 0 aliphatic rings. The molecular formula is C22H31N7O2. The van der Waals surface area contributed by atoms with E-state index in [0.29, 0.717) is 11.8 Å². The van der Waals surface area contributed by atoms with E-state index in [2.05, 4.69) is 49.2 Å². The van der Waals surface area contributed by atoms with Gasteiger partial charge in [0, 0.05) is 30.2 Å². The molecule has 2 heterocycles. The van der Waals surface area contributed by atoms with Gasteiger partial charge in [-0.05, 0) is 32.8 Å². The number of rotatable bonds is 11. The Bertz CT molecular complexity index is 1000. The van der Waals surface area contributed by atoms with Crippen LogP contribution in [0.15, 0.2) is 35.6 Å². The zero-order valence-electron chi connectivity index (χ0n) is 18.6. The molecule has 0 aliphatic heterocycles. The van der Waals surface area contributed by atoms with E-state index in [-0.39, 0.29) is 12.6 Å². The molecule has 166 valence electrons. The number of hydrogen-bond donors (Lipinski definition) is 3. The van der Waals surface area contributed by atoms with Crippen molar-refractivity contribution in [3.63, 3.8) is 0 Å². The fourth-order valence-electron chi connectivity index (χ4n) is 3.04. The van der Waals surface area contributed by atoms with Crippen molar-refractivity contribution in [2.45, 2.75) is 46.1 Å². The van der Waals surface area contributed by atoms with Gasteiger partial charge >= 0.3 is 6.01 Å². The Kier molecular flexibility index (Phi) is 7.41. The maximum absolute atomic E-state index is 9.98. The van der Waals surface area contributed by atoms with Crippen LogP contribution in [0.5, 0.6) is 6.01 Å². The van der Waals surface area contributed by atoms with E-state index >= 15 is 0 Å². The molecule has 0 fully saturated rings. The molecule has 31 heavy (non-hydrogen) atoms. The standard InChI is InChI=1S/C22H31N7O2/c1-5-11-29(12-6-2)20-25-19(26-21(27-20)31-15-22(3,4)30)14-24-28-18-13-23-17-10-8-7-9-16(17)18/h7-10,13-14,23,28,30H,5-6,11-12,15H2,1-4H3/b24-14+. The van der Waals surface area contributed by atoms with Crippen LogP contribution < -0.4 is 15.1 Å². The number of benzene rings is 1. The smallest absolute Gasteiger partial charge is 0.321 e. The first kappa shape index (κ1) is 22.5. The quantitative estimate of drug-likeness (QED) is 0.318. The third-order valence-electron chi connectivity index (χ3n) is 4.40. The Hall–Kier alpha value is -3.20. The number of anilines is 2. The summed E-state index contributed by atoms with van der Waals surface area (Å²) in [5.74, 6) is 0.915. The number of nitrogens with one attached hydrogen (secondary N) is 2. The Morgan fingerprint density at radius 3 is 2.61 bits per heavy atom. The van der Waals surface area contributed by atoms with Gasteiger partial charge < -0.3 is 19.7 Å². The summed E-state index contributed by atoms with van der Waals surface area (Å²) in [4.78, 5) is 18.7. The summed E-state index contributed by atoms with van der Waals surface area (Å²) in [6.45, 7) is 9.29.